The average molecular weight is 887 g/mol. The molecule has 0 saturated carbocycles. The number of carboxylic acids is 1. The van der Waals surface area contributed by atoms with Crippen LogP contribution in [0, 0.1) is 23.7 Å². The van der Waals surface area contributed by atoms with E-state index in [4.69, 9.17) is 19.4 Å². The summed E-state index contributed by atoms with van der Waals surface area (Å²) in [5.74, 6) is -3.75. The minimum Gasteiger partial charge on any atom is -0.481 e. The number of rotatable bonds is 25. The molecule has 0 radical (unpaired) electrons. The number of hydrogen-bond donors (Lipinski definition) is 3. The number of aliphatic carboxylic acids is 1. The molecule has 5 amide bonds. The van der Waals surface area contributed by atoms with Crippen molar-refractivity contribution in [1.29, 1.82) is 0 Å². The van der Waals surface area contributed by atoms with Gasteiger partial charge in [0, 0.05) is 46.2 Å². The predicted molar refractivity (Wildman–Crippen MR) is 240 cm³/mol. The van der Waals surface area contributed by atoms with Crippen molar-refractivity contribution in [3.05, 3.63) is 35.9 Å². The zero-order valence-corrected chi connectivity index (χ0v) is 39.8. The Hall–Kier alpha value is -3.96. The molecule has 16 heteroatoms. The number of amides is 5. The van der Waals surface area contributed by atoms with Crippen LogP contribution in [0.5, 0.6) is 0 Å². The van der Waals surface area contributed by atoms with Gasteiger partial charge in [-0.1, -0.05) is 85.2 Å². The molecule has 63 heavy (non-hydrogen) atoms. The first-order valence-corrected chi connectivity index (χ1v) is 23.0. The number of carboxylic acid groups (broad SMARTS) is 1. The van der Waals surface area contributed by atoms with Gasteiger partial charge in [-0.2, -0.15) is 0 Å². The predicted octanol–water partition coefficient (Wildman–Crippen LogP) is 4.15. The number of likely N-dealkylation sites (N-methyl/N-ethyl adjacent to an activating group) is 2. The fourth-order valence-corrected chi connectivity index (χ4v) is 9.53. The van der Waals surface area contributed by atoms with E-state index >= 15 is 0 Å². The molecule has 0 spiro atoms. The molecule has 0 unspecified atom stereocenters. The molecule has 0 aliphatic carbocycles. The van der Waals surface area contributed by atoms with Crippen molar-refractivity contribution in [2.45, 2.75) is 149 Å². The molecule has 2 aliphatic rings. The van der Waals surface area contributed by atoms with E-state index in [1.165, 1.54) is 12.2 Å². The number of nitrogens with one attached hydrogen (secondary N) is 2. The van der Waals surface area contributed by atoms with Gasteiger partial charge in [-0.05, 0) is 76.1 Å². The maximum atomic E-state index is 14.5. The van der Waals surface area contributed by atoms with Crippen LogP contribution < -0.4 is 10.6 Å². The molecule has 0 aromatic heterocycles. The van der Waals surface area contributed by atoms with E-state index in [0.717, 1.165) is 24.8 Å². The fraction of sp³-hybridized carbons (Fsp3) is 0.745. The molecule has 2 saturated heterocycles. The smallest absolute Gasteiger partial charge is 0.303 e. The number of ether oxygens (including phenoxy) is 2. The molecule has 9 atom stereocenters. The summed E-state index contributed by atoms with van der Waals surface area (Å²) < 4.78 is 12.2. The Kier molecular flexibility index (Phi) is 22.1. The van der Waals surface area contributed by atoms with Crippen molar-refractivity contribution < 1.29 is 48.2 Å². The van der Waals surface area contributed by atoms with Crippen LogP contribution in [0.3, 0.4) is 0 Å². The number of benzene rings is 1. The summed E-state index contributed by atoms with van der Waals surface area (Å²) in [6.07, 6.45) is 3.09. The van der Waals surface area contributed by atoms with Gasteiger partial charge in [0.15, 0.2) is 0 Å². The van der Waals surface area contributed by atoms with Gasteiger partial charge in [-0.15, -0.1) is 0 Å². The summed E-state index contributed by atoms with van der Waals surface area (Å²) in [5, 5.41) is 16.2. The lowest BCUT2D eigenvalue weighted by Gasteiger charge is -2.43. The van der Waals surface area contributed by atoms with E-state index in [1.54, 1.807) is 30.9 Å². The van der Waals surface area contributed by atoms with Crippen molar-refractivity contribution in [3.8, 4) is 0 Å². The first kappa shape index (κ1) is 53.4. The Morgan fingerprint density at radius 3 is 2.08 bits per heavy atom. The van der Waals surface area contributed by atoms with Crippen molar-refractivity contribution in [2.24, 2.45) is 23.7 Å². The Balaban J connectivity index is 1.80. The van der Waals surface area contributed by atoms with Crippen LogP contribution in [0.4, 0.5) is 0 Å². The SMILES string of the molecule is CC[C@H](C)[C@@H]([C@@H](CC(=O)N1CCC[C@H]1[C@H](OC)[C@@H](C)C(=O)N[C@@H](Cc1ccccc1)C(=O)N1CCCCO1)OC)N(C)[C@H](C(=O)NC(=O)[C@H](C(C)C)N(C)CCCC(=O)O)C(C)C. The van der Waals surface area contributed by atoms with Gasteiger partial charge in [0.2, 0.25) is 23.6 Å². The largest absolute Gasteiger partial charge is 0.481 e. The van der Waals surface area contributed by atoms with Crippen LogP contribution in [-0.4, -0.2) is 157 Å². The number of imide groups is 1. The Bertz CT molecular complexity index is 1620. The summed E-state index contributed by atoms with van der Waals surface area (Å²) >= 11 is 0. The number of likely N-dealkylation sites (tertiary alicyclic amines) is 1. The first-order valence-electron chi connectivity index (χ1n) is 23.0. The number of nitrogens with zero attached hydrogens (tertiary/aromatic N) is 4. The first-order chi connectivity index (χ1) is 29.9. The third kappa shape index (κ3) is 15.1. The molecule has 2 heterocycles. The van der Waals surface area contributed by atoms with Gasteiger partial charge in [0.25, 0.3) is 5.91 Å². The van der Waals surface area contributed by atoms with Gasteiger partial charge in [-0.25, -0.2) is 5.06 Å². The number of methoxy groups -OCH3 is 2. The highest BCUT2D eigenvalue weighted by molar-refractivity contribution is 6.00. The van der Waals surface area contributed by atoms with E-state index in [0.29, 0.717) is 45.5 Å². The summed E-state index contributed by atoms with van der Waals surface area (Å²) in [7, 11) is 6.70. The van der Waals surface area contributed by atoms with E-state index < -0.39 is 66.1 Å². The van der Waals surface area contributed by atoms with E-state index in [2.05, 4.69) is 17.6 Å². The van der Waals surface area contributed by atoms with E-state index in [-0.39, 0.29) is 54.7 Å². The molecule has 3 rings (SSSR count). The van der Waals surface area contributed by atoms with Crippen LogP contribution in [0.2, 0.25) is 0 Å². The molecule has 1 aromatic carbocycles. The lowest BCUT2D eigenvalue weighted by atomic mass is 9.87. The number of carbonyl (C=O) groups is 6. The maximum absolute atomic E-state index is 14.5. The van der Waals surface area contributed by atoms with Crippen molar-refractivity contribution >= 4 is 35.5 Å². The average Bonchev–Trinajstić information content (AvgIpc) is 3.73. The highest BCUT2D eigenvalue weighted by Gasteiger charge is 2.44. The highest BCUT2D eigenvalue weighted by Crippen LogP contribution is 2.31. The summed E-state index contributed by atoms with van der Waals surface area (Å²) in [5.41, 5.74) is 0.897. The molecule has 1 aromatic rings. The van der Waals surface area contributed by atoms with Crippen molar-refractivity contribution in [1.82, 2.24) is 30.4 Å². The number of hydrogen-bond acceptors (Lipinski definition) is 11. The quantitative estimate of drug-likeness (QED) is 0.128. The van der Waals surface area contributed by atoms with E-state index in [9.17, 15) is 28.8 Å². The van der Waals surface area contributed by atoms with Gasteiger partial charge in [0.1, 0.15) is 6.04 Å². The summed E-state index contributed by atoms with van der Waals surface area (Å²) in [6.45, 7) is 15.2. The molecular formula is C47H78N6O10. The number of carbonyl (C=O) groups excluding carboxylic acids is 5. The van der Waals surface area contributed by atoms with Gasteiger partial charge >= 0.3 is 5.97 Å². The summed E-state index contributed by atoms with van der Waals surface area (Å²) in [6, 6.07) is 6.45. The minimum atomic E-state index is -0.907. The lowest BCUT2D eigenvalue weighted by Crippen LogP contribution is -2.60. The molecule has 2 fully saturated rings. The molecule has 2 aliphatic heterocycles. The van der Waals surface area contributed by atoms with Crippen molar-refractivity contribution in [2.75, 3.05) is 54.6 Å². The van der Waals surface area contributed by atoms with Gasteiger partial charge in [-0.3, -0.25) is 48.7 Å². The van der Waals surface area contributed by atoms with Crippen LogP contribution in [-0.2, 0) is 49.5 Å². The normalized spacial score (nSPS) is 19.6. The lowest BCUT2D eigenvalue weighted by molar-refractivity contribution is -0.199. The minimum absolute atomic E-state index is 0.00870. The zero-order valence-electron chi connectivity index (χ0n) is 39.8. The third-order valence-electron chi connectivity index (χ3n) is 12.9. The summed E-state index contributed by atoms with van der Waals surface area (Å²) in [4.78, 5) is 92.4. The van der Waals surface area contributed by atoms with Crippen LogP contribution in [0.25, 0.3) is 0 Å². The topological polar surface area (TPSA) is 187 Å². The Morgan fingerprint density at radius 2 is 1.52 bits per heavy atom. The molecule has 3 N–H and O–H groups in total. The Morgan fingerprint density at radius 1 is 0.873 bits per heavy atom. The van der Waals surface area contributed by atoms with Crippen LogP contribution in [0.1, 0.15) is 105 Å². The second-order valence-electron chi connectivity index (χ2n) is 18.2. The Labute approximate surface area is 376 Å². The second kappa shape index (κ2) is 26.1. The molecular weight excluding hydrogens is 809 g/mol. The van der Waals surface area contributed by atoms with Gasteiger partial charge in [0.05, 0.1) is 49.3 Å². The monoisotopic (exact) mass is 887 g/mol. The number of hydroxylamine groups is 2. The van der Waals surface area contributed by atoms with Crippen LogP contribution >= 0.6 is 0 Å². The van der Waals surface area contributed by atoms with Crippen molar-refractivity contribution in [3.63, 3.8) is 0 Å². The van der Waals surface area contributed by atoms with E-state index in [1.807, 2.05) is 76.9 Å². The highest BCUT2D eigenvalue weighted by atomic mass is 16.7. The third-order valence-corrected chi connectivity index (χ3v) is 12.9. The molecule has 16 nitrogen and oxygen atoms in total. The standard InChI is InChI=1S/C47H78N6O10/c1-12-32(6)42(51(9)41(31(4)5)46(59)49-45(58)40(30(2)3)50(8)24-19-23-39(55)56)37(61-10)29-38(54)52-25-18-22-36(52)43(62-11)33(7)44(57)48-35(28-34-20-14-13-15-21-34)47(60)53-26-16-17-27-63-53/h13-15,20-21,30-33,35-37,40-43H,12,16-19,22-29H2,1-11H3,(H,48,57)(H,55,56)(H,49,58,59)/t32-,33+,35-,36-,37+,40-,41-,42-,43+/m0/s1. The zero-order chi connectivity index (χ0) is 47.0. The van der Waals surface area contributed by atoms with Crippen LogP contribution in [0.15, 0.2) is 30.3 Å². The molecule has 356 valence electrons. The fourth-order valence-electron chi connectivity index (χ4n) is 9.53. The van der Waals surface area contributed by atoms with Gasteiger partial charge < -0.3 is 24.8 Å². The second-order valence-corrected chi connectivity index (χ2v) is 18.2. The maximum Gasteiger partial charge on any atom is 0.303 e. The molecule has 0 bridgehead atoms.